The van der Waals surface area contributed by atoms with Crippen LogP contribution in [0.5, 0.6) is 0 Å². The molecule has 4 aromatic carbocycles. The van der Waals surface area contributed by atoms with Gasteiger partial charge in [-0.2, -0.15) is 0 Å². The number of hydrogen-bond donors (Lipinski definition) is 0. The Labute approximate surface area is 183 Å². The Balaban J connectivity index is 0.000000204. The van der Waals surface area contributed by atoms with E-state index in [-0.39, 0.29) is 5.01 Å². The predicted octanol–water partition coefficient (Wildman–Crippen LogP) is 6.17. The fourth-order valence-electron chi connectivity index (χ4n) is 2.92. The molecule has 0 spiro atoms. The van der Waals surface area contributed by atoms with E-state index in [9.17, 15) is 0 Å². The van der Waals surface area contributed by atoms with Gasteiger partial charge >= 0.3 is 0 Å². The number of hydrogen-bond acceptors (Lipinski definition) is 1. The molecule has 0 aliphatic heterocycles. The van der Waals surface area contributed by atoms with Gasteiger partial charge in [0.05, 0.1) is 0 Å². The number of halogens is 1. The van der Waals surface area contributed by atoms with E-state index in [1.54, 1.807) is 7.11 Å². The third-order valence-corrected chi connectivity index (χ3v) is 7.66. The molecule has 0 heterocycles. The maximum atomic E-state index is 5.05. The zero-order valence-corrected chi connectivity index (χ0v) is 18.8. The van der Waals surface area contributed by atoms with Gasteiger partial charge in [-0.1, -0.05) is 137 Å². The van der Waals surface area contributed by atoms with E-state index in [1.807, 2.05) is 30.3 Å². The smallest absolute Gasteiger partial charge is 0.137 e. The molecule has 0 fully saturated rings. The van der Waals surface area contributed by atoms with E-state index >= 15 is 0 Å². The van der Waals surface area contributed by atoms with Crippen LogP contribution in [0.25, 0.3) is 0 Å². The molecule has 0 amide bonds. The zero-order valence-electron chi connectivity index (χ0n) is 16.4. The summed E-state index contributed by atoms with van der Waals surface area (Å²) in [7, 11) is 1.23. The first kappa shape index (κ1) is 21.5. The molecule has 1 atom stereocenters. The molecule has 0 N–H and O–H groups in total. The standard InChI is InChI=1S/C18H15P.C8H9BrO/c1-4-10-16(11-5-1)19(17-12-6-2-7-13-17)18-14-8-3-9-15-18;1-10-8(9)7-5-3-2-4-6-7/h1-15H;2-6,8H,1H3. The van der Waals surface area contributed by atoms with Crippen LogP contribution >= 0.6 is 23.9 Å². The zero-order chi connectivity index (χ0) is 20.3. The first-order chi connectivity index (χ1) is 14.3. The number of benzene rings is 4. The third-order valence-electron chi connectivity index (χ3n) is 4.31. The van der Waals surface area contributed by atoms with Crippen molar-refractivity contribution in [2.75, 3.05) is 7.11 Å². The minimum atomic E-state index is -0.446. The summed E-state index contributed by atoms with van der Waals surface area (Å²) in [6, 6.07) is 42.3. The summed E-state index contributed by atoms with van der Waals surface area (Å²) in [5.41, 5.74) is 1.14. The van der Waals surface area contributed by atoms with Gasteiger partial charge in [0.15, 0.2) is 0 Å². The van der Waals surface area contributed by atoms with Crippen molar-refractivity contribution in [3.05, 3.63) is 127 Å². The summed E-state index contributed by atoms with van der Waals surface area (Å²) in [5.74, 6) is 0. The van der Waals surface area contributed by atoms with Crippen molar-refractivity contribution in [1.29, 1.82) is 0 Å². The Morgan fingerprint density at radius 3 is 1.17 bits per heavy atom. The molecule has 0 aliphatic rings. The fourth-order valence-corrected chi connectivity index (χ4v) is 5.53. The van der Waals surface area contributed by atoms with Crippen molar-refractivity contribution >= 4 is 39.8 Å². The topological polar surface area (TPSA) is 9.23 Å². The molecule has 146 valence electrons. The summed E-state index contributed by atoms with van der Waals surface area (Å²) < 4.78 is 5.05. The SMILES string of the molecule is COC(Br)c1ccccc1.c1ccc(P(c2ccccc2)c2ccccc2)cc1. The minimum absolute atomic E-state index is 0.0219. The van der Waals surface area contributed by atoms with Crippen LogP contribution in [0.4, 0.5) is 0 Å². The highest BCUT2D eigenvalue weighted by molar-refractivity contribution is 9.09. The van der Waals surface area contributed by atoms with Gasteiger partial charge in [-0.15, -0.1) is 0 Å². The van der Waals surface area contributed by atoms with Crippen molar-refractivity contribution in [3.63, 3.8) is 0 Å². The van der Waals surface area contributed by atoms with Crippen LogP contribution in [0, 0.1) is 0 Å². The van der Waals surface area contributed by atoms with Crippen LogP contribution in [-0.2, 0) is 4.74 Å². The normalized spacial score (nSPS) is 11.4. The number of methoxy groups -OCH3 is 1. The van der Waals surface area contributed by atoms with Crippen molar-refractivity contribution in [2.24, 2.45) is 0 Å². The molecule has 1 unspecified atom stereocenters. The maximum Gasteiger partial charge on any atom is 0.137 e. The number of ether oxygens (including phenoxy) is 1. The van der Waals surface area contributed by atoms with Crippen LogP contribution in [0.15, 0.2) is 121 Å². The minimum Gasteiger partial charge on any atom is -0.365 e. The van der Waals surface area contributed by atoms with Gasteiger partial charge in [-0.05, 0) is 29.4 Å². The fraction of sp³-hybridized carbons (Fsp3) is 0.0769. The van der Waals surface area contributed by atoms with Gasteiger partial charge in [0.25, 0.3) is 0 Å². The van der Waals surface area contributed by atoms with Gasteiger partial charge in [-0.25, -0.2) is 0 Å². The van der Waals surface area contributed by atoms with Crippen molar-refractivity contribution in [2.45, 2.75) is 5.01 Å². The van der Waals surface area contributed by atoms with Gasteiger partial charge in [-0.3, -0.25) is 0 Å². The molecule has 0 saturated carbocycles. The molecular formula is C26H24BrOP. The molecule has 0 bridgehead atoms. The van der Waals surface area contributed by atoms with Crippen LogP contribution < -0.4 is 15.9 Å². The Kier molecular flexibility index (Phi) is 8.64. The molecule has 4 aromatic rings. The van der Waals surface area contributed by atoms with Gasteiger partial charge < -0.3 is 4.74 Å². The van der Waals surface area contributed by atoms with Crippen LogP contribution in [-0.4, -0.2) is 7.11 Å². The summed E-state index contributed by atoms with van der Waals surface area (Å²) in [6.45, 7) is 0. The quantitative estimate of drug-likeness (QED) is 0.254. The molecule has 0 aromatic heterocycles. The van der Waals surface area contributed by atoms with E-state index in [2.05, 4.69) is 107 Å². The lowest BCUT2D eigenvalue weighted by atomic mass is 10.2. The lowest BCUT2D eigenvalue weighted by Crippen LogP contribution is -2.20. The lowest BCUT2D eigenvalue weighted by Gasteiger charge is -2.18. The highest BCUT2D eigenvalue weighted by Crippen LogP contribution is 2.32. The Morgan fingerprint density at radius 2 is 0.862 bits per heavy atom. The van der Waals surface area contributed by atoms with Gasteiger partial charge in [0, 0.05) is 7.11 Å². The van der Waals surface area contributed by atoms with E-state index < -0.39 is 7.92 Å². The lowest BCUT2D eigenvalue weighted by molar-refractivity contribution is 0.181. The third kappa shape index (κ3) is 6.37. The second-order valence-electron chi connectivity index (χ2n) is 6.30. The average molecular weight is 463 g/mol. The molecule has 4 rings (SSSR count). The molecule has 3 heteroatoms. The first-order valence-electron chi connectivity index (χ1n) is 9.46. The van der Waals surface area contributed by atoms with Gasteiger partial charge in [0.2, 0.25) is 0 Å². The van der Waals surface area contributed by atoms with Crippen LogP contribution in [0.3, 0.4) is 0 Å². The molecule has 29 heavy (non-hydrogen) atoms. The Bertz CT molecular complexity index is 853. The second kappa shape index (κ2) is 11.7. The van der Waals surface area contributed by atoms with Crippen molar-refractivity contribution in [3.8, 4) is 0 Å². The molecule has 0 saturated heterocycles. The Hall–Kier alpha value is -2.25. The van der Waals surface area contributed by atoms with Crippen LogP contribution in [0.1, 0.15) is 10.6 Å². The van der Waals surface area contributed by atoms with E-state index in [4.69, 9.17) is 4.74 Å². The Morgan fingerprint density at radius 1 is 0.552 bits per heavy atom. The summed E-state index contributed by atoms with van der Waals surface area (Å²) in [5, 5.41) is 4.22. The molecule has 1 nitrogen and oxygen atoms in total. The number of alkyl halides is 1. The summed E-state index contributed by atoms with van der Waals surface area (Å²) >= 11 is 3.36. The van der Waals surface area contributed by atoms with Crippen molar-refractivity contribution < 1.29 is 4.74 Å². The van der Waals surface area contributed by atoms with E-state index in [0.717, 1.165) is 5.56 Å². The number of rotatable bonds is 5. The highest BCUT2D eigenvalue weighted by atomic mass is 79.9. The maximum absolute atomic E-state index is 5.05. The largest absolute Gasteiger partial charge is 0.365 e. The summed E-state index contributed by atoms with van der Waals surface area (Å²) in [4.78, 5) is 0. The van der Waals surface area contributed by atoms with Gasteiger partial charge in [0.1, 0.15) is 5.01 Å². The molecule has 0 aliphatic carbocycles. The predicted molar refractivity (Wildman–Crippen MR) is 130 cm³/mol. The van der Waals surface area contributed by atoms with E-state index in [0.29, 0.717) is 0 Å². The van der Waals surface area contributed by atoms with E-state index in [1.165, 1.54) is 15.9 Å². The second-order valence-corrected chi connectivity index (χ2v) is 9.36. The highest BCUT2D eigenvalue weighted by Gasteiger charge is 2.14. The van der Waals surface area contributed by atoms with Crippen molar-refractivity contribution in [1.82, 2.24) is 0 Å². The first-order valence-corrected chi connectivity index (χ1v) is 11.7. The van der Waals surface area contributed by atoms with Crippen LogP contribution in [0.2, 0.25) is 0 Å². The molecule has 0 radical (unpaired) electrons. The monoisotopic (exact) mass is 462 g/mol. The average Bonchev–Trinajstić information content (AvgIpc) is 2.82. The summed E-state index contributed by atoms with van der Waals surface area (Å²) in [6.07, 6.45) is 0. The molecular weight excluding hydrogens is 439 g/mol.